The highest BCUT2D eigenvalue weighted by atomic mass is 79.9. The van der Waals surface area contributed by atoms with Gasteiger partial charge >= 0.3 is 0 Å². The van der Waals surface area contributed by atoms with E-state index in [0.29, 0.717) is 12.0 Å². The summed E-state index contributed by atoms with van der Waals surface area (Å²) >= 11 is 0. The maximum Gasteiger partial charge on any atom is 0.286 e. The average Bonchev–Trinajstić information content (AvgIpc) is 2.73. The summed E-state index contributed by atoms with van der Waals surface area (Å²) in [7, 11) is 0. The van der Waals surface area contributed by atoms with Crippen molar-refractivity contribution in [2.24, 2.45) is 23.2 Å². The lowest BCUT2D eigenvalue weighted by molar-refractivity contribution is -0.657. The van der Waals surface area contributed by atoms with E-state index in [9.17, 15) is 4.79 Å². The first kappa shape index (κ1) is 20.9. The quantitative estimate of drug-likeness (QED) is 0.451. The van der Waals surface area contributed by atoms with Gasteiger partial charge in [-0.1, -0.05) is 30.3 Å². The van der Waals surface area contributed by atoms with Gasteiger partial charge in [0.2, 0.25) is 12.1 Å². The van der Waals surface area contributed by atoms with E-state index in [1.807, 2.05) is 0 Å². The van der Waals surface area contributed by atoms with Gasteiger partial charge in [-0.3, -0.25) is 4.79 Å². The zero-order valence-electron chi connectivity index (χ0n) is 18.2. The third kappa shape index (κ3) is 3.57. The highest BCUT2D eigenvalue weighted by Crippen LogP contribution is 2.61. The summed E-state index contributed by atoms with van der Waals surface area (Å²) in [5.74, 6) is 2.88. The number of carbonyl (C=O) groups excluding carboxylic acids is 1. The van der Waals surface area contributed by atoms with Crippen molar-refractivity contribution in [3.05, 3.63) is 54.7 Å². The van der Waals surface area contributed by atoms with Crippen molar-refractivity contribution in [2.45, 2.75) is 58.0 Å². The number of halogens is 1. The van der Waals surface area contributed by atoms with E-state index in [-0.39, 0.29) is 28.9 Å². The number of hydrogen-bond acceptors (Lipinski definition) is 1. The van der Waals surface area contributed by atoms with E-state index < -0.39 is 0 Å². The topological polar surface area (TPSA) is 33.0 Å². The lowest BCUT2D eigenvalue weighted by Crippen LogP contribution is -3.00. The zero-order valence-corrected chi connectivity index (χ0v) is 19.8. The lowest BCUT2D eigenvalue weighted by atomic mass is 9.48. The van der Waals surface area contributed by atoms with Crippen LogP contribution in [0.5, 0.6) is 0 Å². The van der Waals surface area contributed by atoms with Crippen molar-refractivity contribution >= 4 is 27.6 Å². The predicted octanol–water partition coefficient (Wildman–Crippen LogP) is 2.01. The van der Waals surface area contributed by atoms with Crippen LogP contribution in [-0.4, -0.2) is 11.9 Å². The van der Waals surface area contributed by atoms with Crippen LogP contribution >= 0.6 is 0 Å². The standard InChI is InChI=1S/C27H30N2O.BrH/c1-18(27-13-19-10-20(14-27)12-21(11-19)15-27)28-26(30)17-29-16-22-6-2-3-7-23(22)24-8-4-5-9-25(24)29;/h2-9,16,18-21H,10-15,17H2,1H3;1H. The number of rotatable bonds is 4. The van der Waals surface area contributed by atoms with Crippen molar-refractivity contribution in [2.75, 3.05) is 0 Å². The second kappa shape index (κ2) is 7.88. The first-order valence-corrected chi connectivity index (χ1v) is 11.7. The summed E-state index contributed by atoms with van der Waals surface area (Å²) in [6.45, 7) is 2.65. The second-order valence-corrected chi connectivity index (χ2v) is 10.4. The predicted molar refractivity (Wildman–Crippen MR) is 120 cm³/mol. The van der Waals surface area contributed by atoms with E-state index in [0.717, 1.165) is 23.3 Å². The van der Waals surface area contributed by atoms with E-state index >= 15 is 0 Å². The molecular weight excluding hydrogens is 448 g/mol. The van der Waals surface area contributed by atoms with Crippen LogP contribution in [0.25, 0.3) is 21.7 Å². The normalized spacial score (nSPS) is 29.6. The molecule has 0 saturated heterocycles. The summed E-state index contributed by atoms with van der Waals surface area (Å²) in [6.07, 6.45) is 10.4. The molecule has 4 aliphatic carbocycles. The Morgan fingerprint density at radius 1 is 0.968 bits per heavy atom. The first-order chi connectivity index (χ1) is 14.6. The SMILES string of the molecule is CC(NC(=O)C[n+]1cc2ccccc2c2ccccc21)C12CC3CC(CC(C3)C1)C2.[Br-]. The highest BCUT2D eigenvalue weighted by molar-refractivity contribution is 6.03. The van der Waals surface area contributed by atoms with E-state index in [4.69, 9.17) is 0 Å². The van der Waals surface area contributed by atoms with Gasteiger partial charge in [0.15, 0.2) is 6.20 Å². The fraction of sp³-hybridized carbons (Fsp3) is 0.481. The largest absolute Gasteiger partial charge is 1.00 e. The number of para-hydroxylation sites is 1. The van der Waals surface area contributed by atoms with Crippen LogP contribution in [0.2, 0.25) is 0 Å². The molecule has 1 heterocycles. The van der Waals surface area contributed by atoms with Crippen molar-refractivity contribution in [1.29, 1.82) is 0 Å². The molecule has 3 nitrogen and oxygen atoms in total. The number of aromatic nitrogens is 1. The Labute approximate surface area is 195 Å². The Morgan fingerprint density at radius 2 is 1.55 bits per heavy atom. The molecule has 4 aliphatic rings. The molecule has 162 valence electrons. The number of carbonyl (C=O) groups is 1. The zero-order chi connectivity index (χ0) is 20.3. The number of amides is 1. The molecule has 4 bridgehead atoms. The molecule has 0 spiro atoms. The van der Waals surface area contributed by atoms with Gasteiger partial charge in [-0.25, -0.2) is 0 Å². The Kier molecular flexibility index (Phi) is 5.32. The molecule has 1 aromatic heterocycles. The monoisotopic (exact) mass is 478 g/mol. The maximum absolute atomic E-state index is 13.2. The fourth-order valence-electron chi connectivity index (χ4n) is 7.48. The van der Waals surface area contributed by atoms with Gasteiger partial charge in [0, 0.05) is 22.9 Å². The van der Waals surface area contributed by atoms with Crippen LogP contribution in [0.1, 0.15) is 45.4 Å². The van der Waals surface area contributed by atoms with Crippen LogP contribution in [0.4, 0.5) is 0 Å². The van der Waals surface area contributed by atoms with Gasteiger partial charge < -0.3 is 22.3 Å². The fourth-order valence-corrected chi connectivity index (χ4v) is 7.48. The molecule has 1 amide bonds. The third-order valence-electron chi connectivity index (χ3n) is 8.45. The van der Waals surface area contributed by atoms with Crippen molar-refractivity contribution in [3.63, 3.8) is 0 Å². The lowest BCUT2D eigenvalue weighted by Gasteiger charge is -2.59. The molecule has 1 atom stereocenters. The van der Waals surface area contributed by atoms with Gasteiger partial charge in [-0.15, -0.1) is 0 Å². The molecule has 0 aliphatic heterocycles. The van der Waals surface area contributed by atoms with E-state index in [2.05, 4.69) is 71.5 Å². The first-order valence-electron chi connectivity index (χ1n) is 11.7. The van der Waals surface area contributed by atoms with Crippen LogP contribution < -0.4 is 26.9 Å². The number of nitrogens with one attached hydrogen (secondary N) is 1. The number of nitrogens with zero attached hydrogens (tertiary/aromatic N) is 1. The maximum atomic E-state index is 13.2. The number of hydrogen-bond donors (Lipinski definition) is 1. The summed E-state index contributed by atoms with van der Waals surface area (Å²) in [4.78, 5) is 13.2. The molecule has 7 rings (SSSR count). The van der Waals surface area contributed by atoms with Crippen molar-refractivity contribution in [3.8, 4) is 0 Å². The van der Waals surface area contributed by atoms with Crippen LogP contribution in [0, 0.1) is 23.2 Å². The van der Waals surface area contributed by atoms with Gasteiger partial charge in [-0.05, 0) is 80.8 Å². The Morgan fingerprint density at radius 3 is 2.23 bits per heavy atom. The summed E-state index contributed by atoms with van der Waals surface area (Å²) < 4.78 is 2.12. The van der Waals surface area contributed by atoms with Gasteiger partial charge in [-0.2, -0.15) is 4.57 Å². The van der Waals surface area contributed by atoms with Crippen LogP contribution in [0.3, 0.4) is 0 Å². The van der Waals surface area contributed by atoms with Crippen LogP contribution in [0.15, 0.2) is 54.7 Å². The number of fused-ring (bicyclic) bond motifs is 3. The highest BCUT2D eigenvalue weighted by Gasteiger charge is 2.53. The van der Waals surface area contributed by atoms with Gasteiger partial charge in [0.05, 0.1) is 5.39 Å². The summed E-state index contributed by atoms with van der Waals surface area (Å²) in [6, 6.07) is 17.1. The van der Waals surface area contributed by atoms with E-state index in [1.54, 1.807) is 0 Å². The van der Waals surface area contributed by atoms with Crippen molar-refractivity contribution < 1.29 is 26.3 Å². The summed E-state index contributed by atoms with van der Waals surface area (Å²) in [5.41, 5.74) is 1.47. The molecular formula is C27H31BrN2O. The molecule has 1 N–H and O–H groups in total. The molecule has 2 aromatic carbocycles. The Bertz CT molecular complexity index is 1110. The minimum absolute atomic E-state index is 0. The Balaban J connectivity index is 0.00000204. The molecule has 4 saturated carbocycles. The van der Waals surface area contributed by atoms with E-state index in [1.165, 1.54) is 54.7 Å². The molecule has 4 fully saturated rings. The van der Waals surface area contributed by atoms with Gasteiger partial charge in [0.25, 0.3) is 5.91 Å². The minimum Gasteiger partial charge on any atom is -1.00 e. The van der Waals surface area contributed by atoms with Crippen molar-refractivity contribution in [1.82, 2.24) is 5.32 Å². The average molecular weight is 479 g/mol. The Hall–Kier alpha value is -1.94. The number of pyridine rings is 1. The smallest absolute Gasteiger partial charge is 0.286 e. The third-order valence-corrected chi connectivity index (χ3v) is 8.45. The molecule has 1 unspecified atom stereocenters. The molecule has 0 radical (unpaired) electrons. The second-order valence-electron chi connectivity index (χ2n) is 10.4. The molecule has 3 aromatic rings. The minimum atomic E-state index is 0. The van der Waals surface area contributed by atoms with Crippen LogP contribution in [-0.2, 0) is 11.3 Å². The molecule has 31 heavy (non-hydrogen) atoms. The summed E-state index contributed by atoms with van der Waals surface area (Å²) in [5, 5.41) is 7.07. The number of benzene rings is 2. The van der Waals surface area contributed by atoms with Gasteiger partial charge in [0.1, 0.15) is 0 Å². The molecule has 4 heteroatoms.